The van der Waals surface area contributed by atoms with Gasteiger partial charge in [0, 0.05) is 47.0 Å². The van der Waals surface area contributed by atoms with Gasteiger partial charge in [0.2, 0.25) is 11.8 Å². The Morgan fingerprint density at radius 2 is 1.83 bits per heavy atom. The van der Waals surface area contributed by atoms with Gasteiger partial charge >= 0.3 is 5.97 Å². The lowest BCUT2D eigenvalue weighted by molar-refractivity contribution is -0.128. The fraction of sp³-hybridized carbons (Fsp3) is 0.344. The number of likely N-dealkylation sites (tertiary alicyclic amines) is 1. The summed E-state index contributed by atoms with van der Waals surface area (Å²) in [4.78, 5) is 44.9. The normalized spacial score (nSPS) is 26.8. The van der Waals surface area contributed by atoms with Crippen LogP contribution in [0.4, 0.5) is 15.8 Å². The Kier molecular flexibility index (Phi) is 6.57. The molecule has 216 valence electrons. The van der Waals surface area contributed by atoms with Crippen LogP contribution in [0.25, 0.3) is 0 Å². The second-order valence-electron chi connectivity index (χ2n) is 11.5. The minimum atomic E-state index is -1.33. The third-order valence-corrected chi connectivity index (χ3v) is 9.86. The number of rotatable bonds is 5. The summed E-state index contributed by atoms with van der Waals surface area (Å²) in [7, 11) is 1.31. The Balaban J connectivity index is 1.41. The van der Waals surface area contributed by atoms with Crippen LogP contribution in [0.15, 0.2) is 60.7 Å². The highest BCUT2D eigenvalue weighted by molar-refractivity contribution is 6.31. The van der Waals surface area contributed by atoms with E-state index in [1.54, 1.807) is 53.4 Å². The van der Waals surface area contributed by atoms with Crippen molar-refractivity contribution >= 4 is 52.4 Å². The first-order valence-electron chi connectivity index (χ1n) is 14.1. The SMILES string of the molecule is COC(=O)c1ccc(N2CC[C@H]3[C@@H](C2=O)[C@H](c2cccc(Cl)c2F)[C@]2(C(=O)Nc4cc(Cl)ccc42)N3CC2CC2)cc1. The van der Waals surface area contributed by atoms with Crippen molar-refractivity contribution in [3.05, 3.63) is 93.2 Å². The highest BCUT2D eigenvalue weighted by Gasteiger charge is 2.70. The van der Waals surface area contributed by atoms with Crippen LogP contribution in [0.1, 0.15) is 46.7 Å². The van der Waals surface area contributed by atoms with E-state index in [9.17, 15) is 14.4 Å². The molecule has 4 atom stereocenters. The molecule has 0 radical (unpaired) electrons. The number of hydrogen-bond donors (Lipinski definition) is 1. The number of ether oxygens (including phenoxy) is 1. The molecule has 1 spiro atoms. The smallest absolute Gasteiger partial charge is 0.337 e. The molecule has 10 heteroatoms. The number of esters is 1. The number of halogens is 3. The molecule has 1 N–H and O–H groups in total. The maximum atomic E-state index is 16.0. The quantitative estimate of drug-likeness (QED) is 0.360. The summed E-state index contributed by atoms with van der Waals surface area (Å²) in [5.74, 6) is -2.78. The molecule has 1 aliphatic carbocycles. The molecular weight excluding hydrogens is 580 g/mol. The summed E-state index contributed by atoms with van der Waals surface area (Å²) >= 11 is 12.7. The van der Waals surface area contributed by atoms with Crippen LogP contribution in [0.2, 0.25) is 10.0 Å². The first-order chi connectivity index (χ1) is 20.2. The molecular formula is C32H28Cl2FN3O4. The third kappa shape index (κ3) is 3.99. The first-order valence-corrected chi connectivity index (χ1v) is 14.8. The highest BCUT2D eigenvalue weighted by atomic mass is 35.5. The van der Waals surface area contributed by atoms with Crippen molar-refractivity contribution in [2.75, 3.05) is 30.4 Å². The van der Waals surface area contributed by atoms with Gasteiger partial charge in [-0.3, -0.25) is 14.5 Å². The van der Waals surface area contributed by atoms with E-state index in [2.05, 4.69) is 10.2 Å². The van der Waals surface area contributed by atoms with Crippen LogP contribution in [0, 0.1) is 17.7 Å². The van der Waals surface area contributed by atoms with E-state index in [4.69, 9.17) is 27.9 Å². The molecule has 3 aliphatic heterocycles. The lowest BCUT2D eigenvalue weighted by atomic mass is 9.70. The number of hydrogen-bond acceptors (Lipinski definition) is 5. The molecule has 1 saturated carbocycles. The summed E-state index contributed by atoms with van der Waals surface area (Å²) in [6.45, 7) is 1.03. The van der Waals surface area contributed by atoms with Gasteiger partial charge in [0.15, 0.2) is 0 Å². The van der Waals surface area contributed by atoms with Crippen molar-refractivity contribution in [1.82, 2.24) is 4.90 Å². The van der Waals surface area contributed by atoms with E-state index in [0.717, 1.165) is 12.8 Å². The van der Waals surface area contributed by atoms with Crippen LogP contribution in [-0.4, -0.2) is 48.9 Å². The topological polar surface area (TPSA) is 78.9 Å². The maximum Gasteiger partial charge on any atom is 0.337 e. The molecule has 3 fully saturated rings. The van der Waals surface area contributed by atoms with Gasteiger partial charge in [-0.25, -0.2) is 9.18 Å². The maximum absolute atomic E-state index is 16.0. The molecule has 0 unspecified atom stereocenters. The number of carbonyl (C=O) groups is 3. The standard InChI is InChI=1S/C32H28Cl2FN3O4/c1-42-30(40)18-7-10-20(11-8-18)37-14-13-25-26(29(37)39)27(21-3-2-4-23(34)28(21)35)32(38(25)16-17-5-6-17)22-12-9-19(33)15-24(22)36-31(32)41/h2-4,7-12,15,17,25-27H,5-6,13-14,16H2,1H3,(H,36,41)/t25-,26+,27-,32+/m0/s1. The second-order valence-corrected chi connectivity index (χ2v) is 12.4. The minimum Gasteiger partial charge on any atom is -0.465 e. The summed E-state index contributed by atoms with van der Waals surface area (Å²) < 4.78 is 20.9. The van der Waals surface area contributed by atoms with Crippen LogP contribution in [0.5, 0.6) is 0 Å². The molecule has 2 saturated heterocycles. The van der Waals surface area contributed by atoms with Gasteiger partial charge in [0.25, 0.3) is 0 Å². The van der Waals surface area contributed by atoms with Gasteiger partial charge < -0.3 is 15.0 Å². The fourth-order valence-electron chi connectivity index (χ4n) is 7.39. The molecule has 0 aromatic heterocycles. The van der Waals surface area contributed by atoms with Gasteiger partial charge in [-0.05, 0) is 73.2 Å². The molecule has 2 amide bonds. The van der Waals surface area contributed by atoms with Crippen molar-refractivity contribution in [2.24, 2.45) is 11.8 Å². The molecule has 7 rings (SSSR count). The number of methoxy groups -OCH3 is 1. The zero-order valence-electron chi connectivity index (χ0n) is 22.8. The van der Waals surface area contributed by atoms with Crippen LogP contribution in [-0.2, 0) is 19.9 Å². The summed E-state index contributed by atoms with van der Waals surface area (Å²) in [6.07, 6.45) is 2.67. The van der Waals surface area contributed by atoms with E-state index >= 15 is 4.39 Å². The van der Waals surface area contributed by atoms with Gasteiger partial charge in [-0.1, -0.05) is 41.4 Å². The largest absolute Gasteiger partial charge is 0.465 e. The molecule has 3 aromatic carbocycles. The van der Waals surface area contributed by atoms with Crippen LogP contribution < -0.4 is 10.2 Å². The zero-order valence-corrected chi connectivity index (χ0v) is 24.3. The molecule has 3 heterocycles. The third-order valence-electron chi connectivity index (χ3n) is 9.33. The molecule has 3 aromatic rings. The van der Waals surface area contributed by atoms with E-state index in [1.807, 2.05) is 6.07 Å². The average molecular weight is 608 g/mol. The summed E-state index contributed by atoms with van der Waals surface area (Å²) in [5.41, 5.74) is 1.17. The van der Waals surface area contributed by atoms with Crippen LogP contribution >= 0.6 is 23.2 Å². The average Bonchev–Trinajstić information content (AvgIpc) is 3.70. The van der Waals surface area contributed by atoms with E-state index in [1.165, 1.54) is 13.2 Å². The monoisotopic (exact) mass is 607 g/mol. The predicted molar refractivity (Wildman–Crippen MR) is 157 cm³/mol. The van der Waals surface area contributed by atoms with Gasteiger partial charge in [0.05, 0.1) is 23.6 Å². The molecule has 0 bridgehead atoms. The molecule has 4 aliphatic rings. The number of carbonyl (C=O) groups excluding carboxylic acids is 3. The Labute approximate surface area is 252 Å². The molecule has 7 nitrogen and oxygen atoms in total. The first kappa shape index (κ1) is 27.4. The lowest BCUT2D eigenvalue weighted by Crippen LogP contribution is -2.54. The van der Waals surface area contributed by atoms with Gasteiger partial charge in [0.1, 0.15) is 11.4 Å². The number of amides is 2. The Hall–Kier alpha value is -3.46. The zero-order chi connectivity index (χ0) is 29.3. The number of fused-ring (bicyclic) bond motifs is 3. The summed E-state index contributed by atoms with van der Waals surface area (Å²) in [5, 5.41) is 3.44. The highest BCUT2D eigenvalue weighted by Crippen LogP contribution is 2.62. The Morgan fingerprint density at radius 1 is 1.07 bits per heavy atom. The van der Waals surface area contributed by atoms with Crippen molar-refractivity contribution < 1.29 is 23.5 Å². The fourth-order valence-corrected chi connectivity index (χ4v) is 7.74. The van der Waals surface area contributed by atoms with Gasteiger partial charge in [-0.15, -0.1) is 0 Å². The second kappa shape index (κ2) is 10.1. The minimum absolute atomic E-state index is 0.0620. The van der Waals surface area contributed by atoms with Crippen molar-refractivity contribution in [3.63, 3.8) is 0 Å². The van der Waals surface area contributed by atoms with Crippen molar-refractivity contribution in [3.8, 4) is 0 Å². The van der Waals surface area contributed by atoms with E-state index < -0.39 is 29.2 Å². The van der Waals surface area contributed by atoms with Gasteiger partial charge in [-0.2, -0.15) is 0 Å². The lowest BCUT2D eigenvalue weighted by Gasteiger charge is -2.40. The number of benzene rings is 3. The van der Waals surface area contributed by atoms with Crippen molar-refractivity contribution in [1.29, 1.82) is 0 Å². The summed E-state index contributed by atoms with van der Waals surface area (Å²) in [6, 6.07) is 16.4. The Morgan fingerprint density at radius 3 is 2.55 bits per heavy atom. The Bertz CT molecular complexity index is 1630. The number of anilines is 2. The molecule has 42 heavy (non-hydrogen) atoms. The van der Waals surface area contributed by atoms with Crippen LogP contribution in [0.3, 0.4) is 0 Å². The number of nitrogens with zero attached hydrogens (tertiary/aromatic N) is 2. The predicted octanol–water partition coefficient (Wildman–Crippen LogP) is 6.00. The van der Waals surface area contributed by atoms with E-state index in [-0.39, 0.29) is 28.4 Å². The van der Waals surface area contributed by atoms with E-state index in [0.29, 0.717) is 53.0 Å². The van der Waals surface area contributed by atoms with Crippen molar-refractivity contribution in [2.45, 2.75) is 36.8 Å². The number of nitrogens with one attached hydrogen (secondary N) is 1. The number of piperidine rings is 1.